The Morgan fingerprint density at radius 2 is 2.19 bits per heavy atom. The summed E-state index contributed by atoms with van der Waals surface area (Å²) in [4.78, 5) is 8.05. The summed E-state index contributed by atoms with van der Waals surface area (Å²) in [5, 5.41) is 4.62. The molecule has 0 bridgehead atoms. The summed E-state index contributed by atoms with van der Waals surface area (Å²) < 4.78 is 0. The molecule has 0 amide bonds. The van der Waals surface area contributed by atoms with E-state index in [4.69, 9.17) is 0 Å². The molecule has 1 aromatic heterocycles. The van der Waals surface area contributed by atoms with E-state index in [9.17, 15) is 0 Å². The van der Waals surface area contributed by atoms with E-state index in [2.05, 4.69) is 29.0 Å². The Hall–Kier alpha value is -0.450. The fourth-order valence-corrected chi connectivity index (χ4v) is 2.44. The first-order chi connectivity index (χ1) is 7.76. The Kier molecular flexibility index (Phi) is 6.61. The molecule has 0 radical (unpaired) electrons. The van der Waals surface area contributed by atoms with Gasteiger partial charge in [-0.2, -0.15) is 0 Å². The zero-order valence-electron chi connectivity index (χ0n) is 10.6. The van der Waals surface area contributed by atoms with Crippen LogP contribution in [0, 0.1) is 6.92 Å². The van der Waals surface area contributed by atoms with E-state index >= 15 is 0 Å². The van der Waals surface area contributed by atoms with Gasteiger partial charge in [0.05, 0.1) is 5.01 Å². The van der Waals surface area contributed by atoms with Crippen molar-refractivity contribution in [3.63, 3.8) is 0 Å². The smallest absolute Gasteiger partial charge is 0.0897 e. The zero-order chi connectivity index (χ0) is 11.8. The van der Waals surface area contributed by atoms with Gasteiger partial charge in [0.2, 0.25) is 0 Å². The highest BCUT2D eigenvalue weighted by Gasteiger charge is 2.00. The molecule has 4 heteroatoms. The molecule has 0 unspecified atom stereocenters. The number of nitrogens with zero attached hydrogens (tertiary/aromatic N) is 2. The van der Waals surface area contributed by atoms with E-state index in [0.29, 0.717) is 0 Å². The molecule has 1 heterocycles. The molecule has 92 valence electrons. The molecule has 16 heavy (non-hydrogen) atoms. The quantitative estimate of drug-likeness (QED) is 0.708. The van der Waals surface area contributed by atoms with Gasteiger partial charge in [0, 0.05) is 30.7 Å². The number of likely N-dealkylation sites (N-methyl/N-ethyl adjacent to an activating group) is 1. The van der Waals surface area contributed by atoms with Crippen LogP contribution in [0.15, 0.2) is 6.20 Å². The Morgan fingerprint density at radius 1 is 1.38 bits per heavy atom. The van der Waals surface area contributed by atoms with Crippen molar-refractivity contribution in [1.82, 2.24) is 15.2 Å². The van der Waals surface area contributed by atoms with Crippen molar-refractivity contribution < 1.29 is 0 Å². The average Bonchev–Trinajstić information content (AvgIpc) is 2.69. The molecule has 0 atom stereocenters. The third-order valence-corrected chi connectivity index (χ3v) is 3.47. The number of nitrogens with one attached hydrogen (secondary N) is 1. The van der Waals surface area contributed by atoms with Crippen molar-refractivity contribution in [2.45, 2.75) is 33.7 Å². The van der Waals surface area contributed by atoms with Crippen LogP contribution in [0.3, 0.4) is 0 Å². The van der Waals surface area contributed by atoms with Crippen molar-refractivity contribution in [1.29, 1.82) is 0 Å². The maximum Gasteiger partial charge on any atom is 0.0897 e. The van der Waals surface area contributed by atoms with Gasteiger partial charge in [0.15, 0.2) is 0 Å². The standard InChI is InChI=1S/C12H23N3S/c1-4-7-15(5-2)8-6-13-9-12-10-14-11(3)16-12/h10,13H,4-9H2,1-3H3. The summed E-state index contributed by atoms with van der Waals surface area (Å²) in [6.07, 6.45) is 3.21. The average molecular weight is 241 g/mol. The maximum atomic E-state index is 4.24. The van der Waals surface area contributed by atoms with E-state index < -0.39 is 0 Å². The van der Waals surface area contributed by atoms with Crippen molar-refractivity contribution in [3.05, 3.63) is 16.1 Å². The predicted octanol–water partition coefficient (Wildman–Crippen LogP) is 2.27. The lowest BCUT2D eigenvalue weighted by atomic mass is 10.4. The largest absolute Gasteiger partial charge is 0.311 e. The van der Waals surface area contributed by atoms with Gasteiger partial charge >= 0.3 is 0 Å². The monoisotopic (exact) mass is 241 g/mol. The van der Waals surface area contributed by atoms with Crippen LogP contribution in [0.4, 0.5) is 0 Å². The van der Waals surface area contributed by atoms with Crippen molar-refractivity contribution in [2.24, 2.45) is 0 Å². The van der Waals surface area contributed by atoms with Crippen molar-refractivity contribution in [3.8, 4) is 0 Å². The summed E-state index contributed by atoms with van der Waals surface area (Å²) in [5.74, 6) is 0. The molecular weight excluding hydrogens is 218 g/mol. The number of thiazole rings is 1. The van der Waals surface area contributed by atoms with Gasteiger partial charge in [-0.05, 0) is 26.4 Å². The minimum atomic E-state index is 0.954. The van der Waals surface area contributed by atoms with Gasteiger partial charge in [-0.25, -0.2) is 4.98 Å². The molecule has 0 saturated carbocycles. The molecule has 1 N–H and O–H groups in total. The van der Waals surface area contributed by atoms with E-state index in [-0.39, 0.29) is 0 Å². The number of hydrogen-bond donors (Lipinski definition) is 1. The molecule has 3 nitrogen and oxygen atoms in total. The van der Waals surface area contributed by atoms with E-state index in [0.717, 1.165) is 31.2 Å². The zero-order valence-corrected chi connectivity index (χ0v) is 11.4. The van der Waals surface area contributed by atoms with Gasteiger partial charge in [0.1, 0.15) is 0 Å². The number of rotatable bonds is 8. The molecule has 0 spiro atoms. The lowest BCUT2D eigenvalue weighted by Crippen LogP contribution is -2.32. The van der Waals surface area contributed by atoms with Gasteiger partial charge in [-0.15, -0.1) is 11.3 Å². The topological polar surface area (TPSA) is 28.2 Å². The van der Waals surface area contributed by atoms with Crippen LogP contribution < -0.4 is 5.32 Å². The van der Waals surface area contributed by atoms with Crippen molar-refractivity contribution in [2.75, 3.05) is 26.2 Å². The maximum absolute atomic E-state index is 4.24. The summed E-state index contributed by atoms with van der Waals surface area (Å²) in [6, 6.07) is 0. The molecule has 0 aliphatic heterocycles. The highest BCUT2D eigenvalue weighted by Crippen LogP contribution is 2.10. The Labute approximate surface area is 103 Å². The van der Waals surface area contributed by atoms with Crippen LogP contribution in [-0.4, -0.2) is 36.1 Å². The minimum Gasteiger partial charge on any atom is -0.311 e. The van der Waals surface area contributed by atoms with Crippen LogP contribution >= 0.6 is 11.3 Å². The second-order valence-electron chi connectivity index (χ2n) is 3.96. The normalized spacial score (nSPS) is 11.2. The number of hydrogen-bond acceptors (Lipinski definition) is 4. The molecule has 0 fully saturated rings. The molecule has 0 aliphatic rings. The number of aromatic nitrogens is 1. The Bertz CT molecular complexity index is 286. The fraction of sp³-hybridized carbons (Fsp3) is 0.750. The molecule has 0 saturated heterocycles. The lowest BCUT2D eigenvalue weighted by Gasteiger charge is -2.19. The second-order valence-corrected chi connectivity index (χ2v) is 5.28. The molecule has 1 rings (SSSR count). The lowest BCUT2D eigenvalue weighted by molar-refractivity contribution is 0.287. The molecule has 1 aromatic rings. The summed E-state index contributed by atoms with van der Waals surface area (Å²) in [6.45, 7) is 12.0. The highest BCUT2D eigenvalue weighted by atomic mass is 32.1. The first-order valence-corrected chi connectivity index (χ1v) is 6.92. The fourth-order valence-electron chi connectivity index (χ4n) is 1.68. The summed E-state index contributed by atoms with van der Waals surface area (Å²) in [7, 11) is 0. The van der Waals surface area contributed by atoms with Gasteiger partial charge < -0.3 is 10.2 Å². The van der Waals surface area contributed by atoms with Crippen LogP contribution in [0.5, 0.6) is 0 Å². The van der Waals surface area contributed by atoms with E-state index in [1.54, 1.807) is 11.3 Å². The van der Waals surface area contributed by atoms with Crippen molar-refractivity contribution >= 4 is 11.3 Å². The predicted molar refractivity (Wildman–Crippen MR) is 71.0 cm³/mol. The van der Waals surface area contributed by atoms with Crippen LogP contribution in [0.2, 0.25) is 0 Å². The third kappa shape index (κ3) is 5.05. The van der Waals surface area contributed by atoms with Crippen LogP contribution in [-0.2, 0) is 6.54 Å². The van der Waals surface area contributed by atoms with Gasteiger partial charge in [0.25, 0.3) is 0 Å². The highest BCUT2D eigenvalue weighted by molar-refractivity contribution is 7.11. The molecule has 0 aliphatic carbocycles. The van der Waals surface area contributed by atoms with E-state index in [1.807, 2.05) is 13.1 Å². The first kappa shape index (κ1) is 13.6. The summed E-state index contributed by atoms with van der Waals surface area (Å²) in [5.41, 5.74) is 0. The summed E-state index contributed by atoms with van der Waals surface area (Å²) >= 11 is 1.78. The number of aryl methyl sites for hydroxylation is 1. The van der Waals surface area contributed by atoms with Crippen LogP contribution in [0.25, 0.3) is 0 Å². The first-order valence-electron chi connectivity index (χ1n) is 6.10. The second kappa shape index (κ2) is 7.76. The van der Waals surface area contributed by atoms with E-state index in [1.165, 1.54) is 17.8 Å². The molecular formula is C12H23N3S. The Morgan fingerprint density at radius 3 is 2.75 bits per heavy atom. The van der Waals surface area contributed by atoms with Gasteiger partial charge in [-0.3, -0.25) is 0 Å². The SMILES string of the molecule is CCCN(CC)CCNCc1cnc(C)s1. The minimum absolute atomic E-state index is 0.954. The molecule has 0 aromatic carbocycles. The third-order valence-electron chi connectivity index (χ3n) is 2.56. The Balaban J connectivity index is 2.11. The van der Waals surface area contributed by atoms with Gasteiger partial charge in [-0.1, -0.05) is 13.8 Å². The van der Waals surface area contributed by atoms with Crippen LogP contribution in [0.1, 0.15) is 30.2 Å².